The van der Waals surface area contributed by atoms with Gasteiger partial charge in [-0.25, -0.2) is 0 Å². The standard InChI is InChI=1S/C29H39NO2/c1-3-5-6-7-8-23-9-13-25(14-10-23)26-15-11-24(12-16-26)22-32-29-18-17-28(31-19-4-2)20-27(29)21-30/h11-12,15-18,20,23,25H,3-10,13-14,19,22H2,1-2H3. The van der Waals surface area contributed by atoms with Crippen LogP contribution in [0.4, 0.5) is 0 Å². The molecule has 172 valence electrons. The molecule has 0 bridgehead atoms. The van der Waals surface area contributed by atoms with Gasteiger partial charge in [0.25, 0.3) is 0 Å². The van der Waals surface area contributed by atoms with Gasteiger partial charge in [-0.1, -0.05) is 70.2 Å². The lowest BCUT2D eigenvalue weighted by atomic mass is 9.77. The van der Waals surface area contributed by atoms with Gasteiger partial charge >= 0.3 is 0 Å². The second-order valence-electron chi connectivity index (χ2n) is 9.22. The molecule has 32 heavy (non-hydrogen) atoms. The fourth-order valence-electron chi connectivity index (χ4n) is 4.72. The van der Waals surface area contributed by atoms with Crippen molar-refractivity contribution in [2.24, 2.45) is 5.92 Å². The Balaban J connectivity index is 1.47. The van der Waals surface area contributed by atoms with Crippen LogP contribution < -0.4 is 9.47 Å². The van der Waals surface area contributed by atoms with E-state index < -0.39 is 0 Å². The van der Waals surface area contributed by atoms with Crippen LogP contribution in [0.25, 0.3) is 0 Å². The first kappa shape index (κ1) is 24.2. The van der Waals surface area contributed by atoms with Crippen molar-refractivity contribution in [3.05, 3.63) is 59.2 Å². The van der Waals surface area contributed by atoms with E-state index in [1.807, 2.05) is 12.1 Å². The third kappa shape index (κ3) is 7.30. The number of unbranched alkanes of at least 4 members (excludes halogenated alkanes) is 3. The zero-order chi connectivity index (χ0) is 22.6. The fourth-order valence-corrected chi connectivity index (χ4v) is 4.72. The van der Waals surface area contributed by atoms with E-state index in [1.165, 1.54) is 63.4 Å². The third-order valence-electron chi connectivity index (χ3n) is 6.70. The van der Waals surface area contributed by atoms with Crippen molar-refractivity contribution in [1.29, 1.82) is 5.26 Å². The Morgan fingerprint density at radius 3 is 2.34 bits per heavy atom. The van der Waals surface area contributed by atoms with Gasteiger partial charge in [-0.15, -0.1) is 0 Å². The van der Waals surface area contributed by atoms with Gasteiger partial charge in [0.1, 0.15) is 24.2 Å². The van der Waals surface area contributed by atoms with Crippen LogP contribution in [0.2, 0.25) is 0 Å². The molecule has 0 N–H and O–H groups in total. The number of hydrogen-bond donors (Lipinski definition) is 0. The van der Waals surface area contributed by atoms with Gasteiger partial charge in [0.2, 0.25) is 0 Å². The molecule has 0 aliphatic heterocycles. The minimum atomic E-state index is 0.467. The van der Waals surface area contributed by atoms with E-state index in [-0.39, 0.29) is 0 Å². The summed E-state index contributed by atoms with van der Waals surface area (Å²) >= 11 is 0. The Bertz CT molecular complexity index is 844. The van der Waals surface area contributed by atoms with E-state index >= 15 is 0 Å². The summed E-state index contributed by atoms with van der Waals surface area (Å²) in [5, 5.41) is 9.45. The highest BCUT2D eigenvalue weighted by molar-refractivity contribution is 5.47. The number of rotatable bonds is 12. The van der Waals surface area contributed by atoms with E-state index in [0.29, 0.717) is 30.4 Å². The number of nitrogens with zero attached hydrogens (tertiary/aromatic N) is 1. The van der Waals surface area contributed by atoms with Crippen LogP contribution in [0.15, 0.2) is 42.5 Å². The van der Waals surface area contributed by atoms with E-state index in [2.05, 4.69) is 44.2 Å². The van der Waals surface area contributed by atoms with Crippen molar-refractivity contribution in [2.75, 3.05) is 6.61 Å². The number of nitriles is 1. The van der Waals surface area contributed by atoms with Gasteiger partial charge in [-0.2, -0.15) is 5.26 Å². The number of hydrogen-bond acceptors (Lipinski definition) is 3. The van der Waals surface area contributed by atoms with Crippen LogP contribution in [0.1, 0.15) is 101 Å². The maximum Gasteiger partial charge on any atom is 0.137 e. The van der Waals surface area contributed by atoms with E-state index in [1.54, 1.807) is 6.07 Å². The van der Waals surface area contributed by atoms with Crippen LogP contribution in [0, 0.1) is 17.2 Å². The van der Waals surface area contributed by atoms with E-state index in [4.69, 9.17) is 9.47 Å². The monoisotopic (exact) mass is 433 g/mol. The van der Waals surface area contributed by atoms with Gasteiger partial charge < -0.3 is 9.47 Å². The van der Waals surface area contributed by atoms with Crippen LogP contribution in [-0.2, 0) is 6.61 Å². The molecule has 2 aromatic rings. The van der Waals surface area contributed by atoms with E-state index in [9.17, 15) is 5.26 Å². The van der Waals surface area contributed by atoms with E-state index in [0.717, 1.165) is 23.7 Å². The lowest BCUT2D eigenvalue weighted by Crippen LogP contribution is -2.13. The first-order valence-electron chi connectivity index (χ1n) is 12.6. The lowest BCUT2D eigenvalue weighted by Gasteiger charge is -2.29. The molecule has 3 heteroatoms. The Kier molecular flexibility index (Phi) is 9.95. The molecule has 1 fully saturated rings. The summed E-state index contributed by atoms with van der Waals surface area (Å²) < 4.78 is 11.6. The van der Waals surface area contributed by atoms with Crippen LogP contribution in [0.5, 0.6) is 11.5 Å². The molecular weight excluding hydrogens is 394 g/mol. The topological polar surface area (TPSA) is 42.2 Å². The molecule has 1 saturated carbocycles. The van der Waals surface area contributed by atoms with Crippen LogP contribution in [0.3, 0.4) is 0 Å². The second kappa shape index (κ2) is 13.2. The lowest BCUT2D eigenvalue weighted by molar-refractivity contribution is 0.299. The van der Waals surface area contributed by atoms with Crippen molar-refractivity contribution in [2.45, 2.75) is 90.6 Å². The van der Waals surface area contributed by atoms with Gasteiger partial charge in [0.05, 0.1) is 12.2 Å². The molecule has 1 aliphatic rings. The summed E-state index contributed by atoms with van der Waals surface area (Å²) in [7, 11) is 0. The van der Waals surface area contributed by atoms with Gasteiger partial charge in [-0.3, -0.25) is 0 Å². The molecule has 0 saturated heterocycles. The molecule has 3 nitrogen and oxygen atoms in total. The maximum atomic E-state index is 9.45. The molecule has 0 aromatic heterocycles. The van der Waals surface area contributed by atoms with Crippen molar-refractivity contribution < 1.29 is 9.47 Å². The predicted molar refractivity (Wildman–Crippen MR) is 131 cm³/mol. The average molecular weight is 434 g/mol. The molecule has 1 aliphatic carbocycles. The van der Waals surface area contributed by atoms with Crippen molar-refractivity contribution in [3.8, 4) is 17.6 Å². The third-order valence-corrected chi connectivity index (χ3v) is 6.70. The quantitative estimate of drug-likeness (QED) is 0.317. The Hall–Kier alpha value is -2.47. The number of benzene rings is 2. The smallest absolute Gasteiger partial charge is 0.137 e. The molecule has 0 unspecified atom stereocenters. The minimum Gasteiger partial charge on any atom is -0.494 e. The molecule has 0 heterocycles. The minimum absolute atomic E-state index is 0.467. The highest BCUT2D eigenvalue weighted by atomic mass is 16.5. The first-order valence-corrected chi connectivity index (χ1v) is 12.6. The summed E-state index contributed by atoms with van der Waals surface area (Å²) in [6, 6.07) is 16.6. The molecule has 0 atom stereocenters. The second-order valence-corrected chi connectivity index (χ2v) is 9.22. The zero-order valence-electron chi connectivity index (χ0n) is 19.9. The molecule has 3 rings (SSSR count). The van der Waals surface area contributed by atoms with Gasteiger partial charge in [-0.05, 0) is 67.2 Å². The summed E-state index contributed by atoms with van der Waals surface area (Å²) in [5.41, 5.74) is 3.11. The van der Waals surface area contributed by atoms with Gasteiger partial charge in [0, 0.05) is 6.07 Å². The maximum absolute atomic E-state index is 9.45. The van der Waals surface area contributed by atoms with Crippen LogP contribution in [-0.4, -0.2) is 6.61 Å². The molecular formula is C29H39NO2. The summed E-state index contributed by atoms with van der Waals surface area (Å²) in [6.45, 7) is 5.47. The summed E-state index contributed by atoms with van der Waals surface area (Å²) in [6.07, 6.45) is 13.3. The highest BCUT2D eigenvalue weighted by Crippen LogP contribution is 2.38. The largest absolute Gasteiger partial charge is 0.494 e. The first-order chi connectivity index (χ1) is 15.7. The molecule has 2 aromatic carbocycles. The average Bonchev–Trinajstić information content (AvgIpc) is 2.85. The Morgan fingerprint density at radius 1 is 0.875 bits per heavy atom. The summed E-state index contributed by atoms with van der Waals surface area (Å²) in [4.78, 5) is 0. The number of ether oxygens (including phenoxy) is 2. The Labute approximate surface area is 194 Å². The van der Waals surface area contributed by atoms with Crippen molar-refractivity contribution >= 4 is 0 Å². The summed E-state index contributed by atoms with van der Waals surface area (Å²) in [5.74, 6) is 2.98. The zero-order valence-corrected chi connectivity index (χ0v) is 19.9. The van der Waals surface area contributed by atoms with Gasteiger partial charge in [0.15, 0.2) is 0 Å². The molecule has 0 radical (unpaired) electrons. The normalized spacial score (nSPS) is 18.2. The molecule has 0 amide bonds. The van der Waals surface area contributed by atoms with Crippen molar-refractivity contribution in [3.63, 3.8) is 0 Å². The Morgan fingerprint density at radius 2 is 1.66 bits per heavy atom. The molecule has 0 spiro atoms. The fraction of sp³-hybridized carbons (Fsp3) is 0.552. The highest BCUT2D eigenvalue weighted by Gasteiger charge is 2.22. The SMILES string of the molecule is CCCCCCC1CCC(c2ccc(COc3ccc(OCCC)cc3C#N)cc2)CC1. The predicted octanol–water partition coefficient (Wildman–Crippen LogP) is 8.17. The van der Waals surface area contributed by atoms with Crippen LogP contribution >= 0.6 is 0 Å². The van der Waals surface area contributed by atoms with Crippen molar-refractivity contribution in [1.82, 2.24) is 0 Å².